The molecule has 3 aromatic rings. The van der Waals surface area contributed by atoms with Gasteiger partial charge >= 0.3 is 0 Å². The van der Waals surface area contributed by atoms with Crippen LogP contribution in [-0.2, 0) is 30.8 Å². The van der Waals surface area contributed by atoms with Crippen LogP contribution in [0.25, 0.3) is 0 Å². The molecule has 0 spiro atoms. The first kappa shape index (κ1) is 24.3. The molecule has 0 unspecified atom stereocenters. The largest absolute Gasteiger partial charge is 0.368 e. The van der Waals surface area contributed by atoms with E-state index >= 15 is 0 Å². The van der Waals surface area contributed by atoms with E-state index in [0.717, 1.165) is 37.4 Å². The molecule has 0 atom stereocenters. The first-order valence-corrected chi connectivity index (χ1v) is 13.0. The molecule has 1 amide bonds. The van der Waals surface area contributed by atoms with Crippen molar-refractivity contribution in [2.45, 2.75) is 45.8 Å². The summed E-state index contributed by atoms with van der Waals surface area (Å²) in [5.41, 5.74) is 4.04. The molecule has 3 heterocycles. The Balaban J connectivity index is 1.30. The van der Waals surface area contributed by atoms with E-state index < -0.39 is 0 Å². The Morgan fingerprint density at radius 3 is 2.25 bits per heavy atom. The number of rotatable bonds is 6. The molecule has 36 heavy (non-hydrogen) atoms. The second-order valence-corrected chi connectivity index (χ2v) is 10.1. The topological polar surface area (TPSA) is 61.7 Å². The summed E-state index contributed by atoms with van der Waals surface area (Å²) in [6.07, 6.45) is 0.663. The highest BCUT2D eigenvalue weighted by Gasteiger charge is 2.27. The van der Waals surface area contributed by atoms with Gasteiger partial charge in [-0.1, -0.05) is 62.4 Å². The number of para-hydroxylation sites is 1. The van der Waals surface area contributed by atoms with Crippen LogP contribution in [0, 0.1) is 0 Å². The minimum absolute atomic E-state index is 0.00465. The van der Waals surface area contributed by atoms with Crippen molar-refractivity contribution in [1.29, 1.82) is 0 Å². The molecule has 5 rings (SSSR count). The predicted octanol–water partition coefficient (Wildman–Crippen LogP) is 3.27. The minimum atomic E-state index is -0.0423. The van der Waals surface area contributed by atoms with Gasteiger partial charge in [-0.15, -0.1) is 0 Å². The van der Waals surface area contributed by atoms with Crippen LogP contribution in [-0.4, -0.2) is 58.0 Å². The van der Waals surface area contributed by atoms with Crippen LogP contribution in [0.2, 0.25) is 0 Å². The smallest absolute Gasteiger partial charge is 0.257 e. The van der Waals surface area contributed by atoms with E-state index in [1.807, 2.05) is 43.0 Å². The monoisotopic (exact) mass is 485 g/mol. The molecule has 7 heteroatoms. The van der Waals surface area contributed by atoms with Crippen molar-refractivity contribution in [1.82, 2.24) is 19.4 Å². The van der Waals surface area contributed by atoms with Crippen LogP contribution < -0.4 is 10.5 Å². The van der Waals surface area contributed by atoms with Crippen molar-refractivity contribution in [3.8, 4) is 0 Å². The Hall–Kier alpha value is -3.45. The molecule has 1 fully saturated rings. The molecule has 2 aromatic carbocycles. The van der Waals surface area contributed by atoms with Gasteiger partial charge in [-0.05, 0) is 24.1 Å². The molecule has 2 aliphatic rings. The number of amides is 1. The van der Waals surface area contributed by atoms with Gasteiger partial charge < -0.3 is 9.80 Å². The molecule has 1 saturated heterocycles. The molecule has 188 valence electrons. The van der Waals surface area contributed by atoms with Crippen molar-refractivity contribution < 1.29 is 4.79 Å². The predicted molar refractivity (Wildman–Crippen MR) is 142 cm³/mol. The quantitative estimate of drug-likeness (QED) is 0.536. The molecule has 7 nitrogen and oxygen atoms in total. The van der Waals surface area contributed by atoms with Gasteiger partial charge in [0.2, 0.25) is 5.91 Å². The van der Waals surface area contributed by atoms with Gasteiger partial charge in [0.05, 0.1) is 5.69 Å². The highest BCUT2D eigenvalue weighted by molar-refractivity contribution is 5.76. The lowest BCUT2D eigenvalue weighted by Crippen LogP contribution is -2.50. The Morgan fingerprint density at radius 1 is 0.917 bits per heavy atom. The van der Waals surface area contributed by atoms with Crippen molar-refractivity contribution in [2.75, 3.05) is 37.6 Å². The Bertz CT molecular complexity index is 1250. The lowest BCUT2D eigenvalue weighted by atomic mass is 10.0. The van der Waals surface area contributed by atoms with E-state index in [1.54, 1.807) is 4.57 Å². The van der Waals surface area contributed by atoms with Crippen LogP contribution in [0.1, 0.15) is 42.4 Å². The van der Waals surface area contributed by atoms with E-state index in [4.69, 9.17) is 4.98 Å². The van der Waals surface area contributed by atoms with Crippen LogP contribution >= 0.6 is 0 Å². The maximum Gasteiger partial charge on any atom is 0.257 e. The van der Waals surface area contributed by atoms with E-state index in [0.29, 0.717) is 31.9 Å². The number of aromatic nitrogens is 2. The van der Waals surface area contributed by atoms with E-state index in [1.165, 1.54) is 11.3 Å². The molecule has 0 radical (unpaired) electrons. The van der Waals surface area contributed by atoms with Crippen LogP contribution in [0.3, 0.4) is 0 Å². The number of nitrogens with zero attached hydrogens (tertiary/aromatic N) is 5. The molecule has 0 bridgehead atoms. The van der Waals surface area contributed by atoms with Gasteiger partial charge in [0.1, 0.15) is 12.4 Å². The van der Waals surface area contributed by atoms with E-state index in [9.17, 15) is 9.59 Å². The van der Waals surface area contributed by atoms with Crippen molar-refractivity contribution >= 4 is 11.6 Å². The first-order valence-electron chi connectivity index (χ1n) is 13.0. The number of carbonyl (C=O) groups excluding carboxylic acids is 1. The van der Waals surface area contributed by atoms with Gasteiger partial charge in [0, 0.05) is 63.0 Å². The first-order chi connectivity index (χ1) is 17.5. The number of benzene rings is 2. The van der Waals surface area contributed by atoms with Crippen LogP contribution in [0.15, 0.2) is 65.5 Å². The van der Waals surface area contributed by atoms with Gasteiger partial charge in [0.15, 0.2) is 0 Å². The molecular weight excluding hydrogens is 450 g/mol. The zero-order valence-electron chi connectivity index (χ0n) is 21.3. The summed E-state index contributed by atoms with van der Waals surface area (Å²) in [7, 11) is 0. The van der Waals surface area contributed by atoms with E-state index in [-0.39, 0.29) is 23.9 Å². The fraction of sp³-hybridized carbons (Fsp3) is 0.414. The summed E-state index contributed by atoms with van der Waals surface area (Å²) in [5.74, 6) is 0.752. The zero-order chi connectivity index (χ0) is 25.1. The highest BCUT2D eigenvalue weighted by atomic mass is 16.2. The number of fused-ring (bicyclic) bond motifs is 1. The second kappa shape index (κ2) is 10.7. The standard InChI is InChI=1S/C29H35N5O2/c1-22(2)28-30-26-20-31(19-23-9-5-3-6-10-23)14-13-25(26)29(36)34(28)21-27(35)33-17-15-32(16-18-33)24-11-7-4-8-12-24/h3-12,22H,13-21H2,1-2H3. The summed E-state index contributed by atoms with van der Waals surface area (Å²) >= 11 is 0. The number of carbonyl (C=O) groups is 1. The third-order valence-corrected chi connectivity index (χ3v) is 7.24. The fourth-order valence-electron chi connectivity index (χ4n) is 5.26. The van der Waals surface area contributed by atoms with Gasteiger partial charge in [-0.2, -0.15) is 0 Å². The third kappa shape index (κ3) is 5.21. The van der Waals surface area contributed by atoms with Crippen LogP contribution in [0.4, 0.5) is 5.69 Å². The lowest BCUT2D eigenvalue weighted by Gasteiger charge is -2.36. The number of piperazine rings is 1. The average Bonchev–Trinajstić information content (AvgIpc) is 2.91. The normalized spacial score (nSPS) is 16.3. The lowest BCUT2D eigenvalue weighted by molar-refractivity contribution is -0.132. The molecule has 1 aromatic heterocycles. The molecule has 0 aliphatic carbocycles. The maximum atomic E-state index is 13.6. The summed E-state index contributed by atoms with van der Waals surface area (Å²) in [5, 5.41) is 0. The Morgan fingerprint density at radius 2 is 1.58 bits per heavy atom. The van der Waals surface area contributed by atoms with Crippen LogP contribution in [0.5, 0.6) is 0 Å². The summed E-state index contributed by atoms with van der Waals surface area (Å²) in [4.78, 5) is 38.3. The highest BCUT2D eigenvalue weighted by Crippen LogP contribution is 2.21. The SMILES string of the molecule is CC(C)c1nc2c(c(=O)n1CC(=O)N1CCN(c3ccccc3)CC1)CCN(Cc1ccccc1)C2. The summed E-state index contributed by atoms with van der Waals surface area (Å²) in [6.45, 7) is 9.36. The van der Waals surface area contributed by atoms with Crippen molar-refractivity contribution in [3.05, 3.63) is 93.7 Å². The molecule has 2 aliphatic heterocycles. The maximum absolute atomic E-state index is 13.6. The Kier molecular flexibility index (Phi) is 7.18. The van der Waals surface area contributed by atoms with Gasteiger partial charge in [-0.25, -0.2) is 4.98 Å². The van der Waals surface area contributed by atoms with Crippen molar-refractivity contribution in [2.24, 2.45) is 0 Å². The molecule has 0 saturated carbocycles. The number of hydrogen-bond donors (Lipinski definition) is 0. The number of anilines is 1. The minimum Gasteiger partial charge on any atom is -0.368 e. The molecular formula is C29H35N5O2. The zero-order valence-corrected chi connectivity index (χ0v) is 21.3. The second-order valence-electron chi connectivity index (χ2n) is 10.1. The van der Waals surface area contributed by atoms with Gasteiger partial charge in [-0.3, -0.25) is 19.1 Å². The third-order valence-electron chi connectivity index (χ3n) is 7.24. The summed E-state index contributed by atoms with van der Waals surface area (Å²) < 4.78 is 1.64. The molecule has 0 N–H and O–H groups in total. The number of hydrogen-bond acceptors (Lipinski definition) is 5. The van der Waals surface area contributed by atoms with Crippen molar-refractivity contribution in [3.63, 3.8) is 0 Å². The Labute approximate surface area is 213 Å². The van der Waals surface area contributed by atoms with E-state index in [2.05, 4.69) is 46.2 Å². The van der Waals surface area contributed by atoms with Gasteiger partial charge in [0.25, 0.3) is 5.56 Å². The summed E-state index contributed by atoms with van der Waals surface area (Å²) in [6, 6.07) is 20.7. The fourth-order valence-corrected chi connectivity index (χ4v) is 5.26. The average molecular weight is 486 g/mol.